The molecule has 1 aromatic heterocycles. The first-order valence-corrected chi connectivity index (χ1v) is 6.03. The van der Waals surface area contributed by atoms with Gasteiger partial charge in [0.15, 0.2) is 0 Å². The smallest absolute Gasteiger partial charge is 0.354 e. The molecule has 92 valence electrons. The number of hydrogen-bond donors (Lipinski definition) is 1. The van der Waals surface area contributed by atoms with Crippen LogP contribution < -0.4 is 0 Å². The number of pyridine rings is 1. The highest BCUT2D eigenvalue weighted by Crippen LogP contribution is 2.26. The summed E-state index contributed by atoms with van der Waals surface area (Å²) in [4.78, 5) is 17.1. The van der Waals surface area contributed by atoms with E-state index in [2.05, 4.69) is 16.9 Å². The third kappa shape index (κ3) is 3.27. The van der Waals surface area contributed by atoms with Gasteiger partial charge in [-0.3, -0.25) is 0 Å². The lowest BCUT2D eigenvalue weighted by molar-refractivity contribution is 0.0690. The maximum atomic E-state index is 10.8. The number of carboxylic acid groups (broad SMARTS) is 1. The number of carbonyl (C=O) groups is 1. The number of aromatic nitrogens is 1. The molecular weight excluding hydrogens is 216 g/mol. The summed E-state index contributed by atoms with van der Waals surface area (Å²) >= 11 is 0. The van der Waals surface area contributed by atoms with Crippen LogP contribution in [0, 0.1) is 5.92 Å². The third-order valence-corrected chi connectivity index (χ3v) is 3.25. The molecule has 0 unspecified atom stereocenters. The molecule has 0 aromatic carbocycles. The largest absolute Gasteiger partial charge is 0.477 e. The van der Waals surface area contributed by atoms with Gasteiger partial charge in [-0.1, -0.05) is 12.5 Å². The molecule has 4 nitrogen and oxygen atoms in total. The molecular formula is C13H18N2O2. The van der Waals surface area contributed by atoms with Crippen LogP contribution >= 0.6 is 0 Å². The molecule has 0 saturated heterocycles. The quantitative estimate of drug-likeness (QED) is 0.846. The average Bonchev–Trinajstić information content (AvgIpc) is 2.24. The highest BCUT2D eigenvalue weighted by molar-refractivity contribution is 5.85. The number of rotatable bonds is 5. The predicted octanol–water partition coefficient (Wildman–Crippen LogP) is 2.01. The maximum absolute atomic E-state index is 10.8. The number of nitrogens with zero attached hydrogens (tertiary/aromatic N) is 2. The fourth-order valence-corrected chi connectivity index (χ4v) is 2.14. The highest BCUT2D eigenvalue weighted by Gasteiger charge is 2.19. The van der Waals surface area contributed by atoms with Gasteiger partial charge in [0.05, 0.1) is 5.69 Å². The molecule has 0 radical (unpaired) electrons. The topological polar surface area (TPSA) is 53.4 Å². The van der Waals surface area contributed by atoms with Crippen LogP contribution in [0.15, 0.2) is 18.2 Å². The van der Waals surface area contributed by atoms with Crippen molar-refractivity contribution in [2.45, 2.75) is 25.8 Å². The van der Waals surface area contributed by atoms with Gasteiger partial charge in [0, 0.05) is 13.1 Å². The van der Waals surface area contributed by atoms with Crippen LogP contribution in [-0.4, -0.2) is 34.6 Å². The first kappa shape index (κ1) is 12.0. The van der Waals surface area contributed by atoms with E-state index in [1.165, 1.54) is 25.3 Å². The van der Waals surface area contributed by atoms with Crippen LogP contribution in [0.25, 0.3) is 0 Å². The van der Waals surface area contributed by atoms with Crippen LogP contribution in [0.4, 0.5) is 0 Å². The Morgan fingerprint density at radius 3 is 2.88 bits per heavy atom. The molecule has 1 heterocycles. The number of hydrogen-bond acceptors (Lipinski definition) is 3. The van der Waals surface area contributed by atoms with Crippen molar-refractivity contribution < 1.29 is 9.90 Å². The lowest BCUT2D eigenvalue weighted by Gasteiger charge is -2.29. The van der Waals surface area contributed by atoms with Crippen molar-refractivity contribution in [1.82, 2.24) is 9.88 Å². The van der Waals surface area contributed by atoms with Gasteiger partial charge in [-0.2, -0.15) is 0 Å². The second kappa shape index (κ2) is 5.27. The van der Waals surface area contributed by atoms with E-state index in [0.29, 0.717) is 0 Å². The Labute approximate surface area is 101 Å². The normalized spacial score (nSPS) is 15.9. The van der Waals surface area contributed by atoms with Crippen LogP contribution in [0.3, 0.4) is 0 Å². The third-order valence-electron chi connectivity index (χ3n) is 3.25. The first-order valence-electron chi connectivity index (χ1n) is 6.03. The summed E-state index contributed by atoms with van der Waals surface area (Å²) in [6, 6.07) is 5.16. The second-order valence-corrected chi connectivity index (χ2v) is 4.81. The molecule has 2 rings (SSSR count). The number of carboxylic acids is 1. The van der Waals surface area contributed by atoms with Crippen molar-refractivity contribution in [3.63, 3.8) is 0 Å². The van der Waals surface area contributed by atoms with Gasteiger partial charge < -0.3 is 10.0 Å². The Morgan fingerprint density at radius 2 is 2.29 bits per heavy atom. The molecule has 1 fully saturated rings. The fraction of sp³-hybridized carbons (Fsp3) is 0.538. The van der Waals surface area contributed by atoms with Gasteiger partial charge in [0.25, 0.3) is 0 Å². The Balaban J connectivity index is 1.92. The molecule has 1 saturated carbocycles. The minimum absolute atomic E-state index is 0.125. The van der Waals surface area contributed by atoms with E-state index in [-0.39, 0.29) is 5.69 Å². The van der Waals surface area contributed by atoms with Gasteiger partial charge in [0.2, 0.25) is 0 Å². The van der Waals surface area contributed by atoms with Crippen LogP contribution in [-0.2, 0) is 6.54 Å². The lowest BCUT2D eigenvalue weighted by Crippen LogP contribution is -2.29. The van der Waals surface area contributed by atoms with Crippen LogP contribution in [0.2, 0.25) is 0 Å². The SMILES string of the molecule is CN(Cc1cccc(C(=O)O)n1)CC1CCC1. The molecule has 0 atom stereocenters. The Kier molecular flexibility index (Phi) is 3.74. The standard InChI is InChI=1S/C13H18N2O2/c1-15(8-10-4-2-5-10)9-11-6-3-7-12(14-11)13(16)17/h3,6-7,10H,2,4-5,8-9H2,1H3,(H,16,17). The molecule has 4 heteroatoms. The summed E-state index contributed by atoms with van der Waals surface area (Å²) < 4.78 is 0. The molecule has 0 aliphatic heterocycles. The summed E-state index contributed by atoms with van der Waals surface area (Å²) in [7, 11) is 2.06. The number of aromatic carboxylic acids is 1. The molecule has 1 aliphatic rings. The van der Waals surface area contributed by atoms with E-state index in [1.807, 2.05) is 6.07 Å². The summed E-state index contributed by atoms with van der Waals surface area (Å²) in [5.41, 5.74) is 0.950. The zero-order valence-electron chi connectivity index (χ0n) is 10.1. The molecule has 1 aliphatic carbocycles. The molecule has 1 N–H and O–H groups in total. The van der Waals surface area contributed by atoms with Gasteiger partial charge in [-0.15, -0.1) is 0 Å². The molecule has 0 amide bonds. The molecule has 17 heavy (non-hydrogen) atoms. The van der Waals surface area contributed by atoms with E-state index in [0.717, 1.165) is 24.7 Å². The zero-order chi connectivity index (χ0) is 12.3. The molecule has 0 bridgehead atoms. The van der Waals surface area contributed by atoms with Crippen molar-refractivity contribution in [1.29, 1.82) is 0 Å². The van der Waals surface area contributed by atoms with Gasteiger partial charge in [-0.25, -0.2) is 9.78 Å². The van der Waals surface area contributed by atoms with E-state index in [4.69, 9.17) is 5.11 Å². The summed E-state index contributed by atoms with van der Waals surface area (Å²) in [6.07, 6.45) is 4.01. The molecule has 0 spiro atoms. The zero-order valence-corrected chi connectivity index (χ0v) is 10.1. The van der Waals surface area contributed by atoms with E-state index >= 15 is 0 Å². The van der Waals surface area contributed by atoms with E-state index in [1.54, 1.807) is 6.07 Å². The summed E-state index contributed by atoms with van der Waals surface area (Å²) in [6.45, 7) is 1.80. The van der Waals surface area contributed by atoms with Gasteiger partial charge >= 0.3 is 5.97 Å². The van der Waals surface area contributed by atoms with Crippen LogP contribution in [0.1, 0.15) is 35.4 Å². The summed E-state index contributed by atoms with van der Waals surface area (Å²) in [5.74, 6) is -0.142. The van der Waals surface area contributed by atoms with Crippen LogP contribution in [0.5, 0.6) is 0 Å². The Hall–Kier alpha value is -1.42. The van der Waals surface area contributed by atoms with Gasteiger partial charge in [-0.05, 0) is 37.9 Å². The van der Waals surface area contributed by atoms with E-state index < -0.39 is 5.97 Å². The van der Waals surface area contributed by atoms with Crippen molar-refractivity contribution in [3.8, 4) is 0 Å². The van der Waals surface area contributed by atoms with Crippen molar-refractivity contribution in [2.75, 3.05) is 13.6 Å². The Morgan fingerprint density at radius 1 is 1.53 bits per heavy atom. The lowest BCUT2D eigenvalue weighted by atomic mass is 9.85. The van der Waals surface area contributed by atoms with Crippen molar-refractivity contribution >= 4 is 5.97 Å². The monoisotopic (exact) mass is 234 g/mol. The molecule has 1 aromatic rings. The minimum Gasteiger partial charge on any atom is -0.477 e. The van der Waals surface area contributed by atoms with Gasteiger partial charge in [0.1, 0.15) is 5.69 Å². The highest BCUT2D eigenvalue weighted by atomic mass is 16.4. The second-order valence-electron chi connectivity index (χ2n) is 4.81. The Bertz CT molecular complexity index is 402. The summed E-state index contributed by atoms with van der Waals surface area (Å²) in [5, 5.41) is 8.86. The maximum Gasteiger partial charge on any atom is 0.354 e. The van der Waals surface area contributed by atoms with E-state index in [9.17, 15) is 4.79 Å². The average molecular weight is 234 g/mol. The minimum atomic E-state index is -0.964. The van der Waals surface area contributed by atoms with Crippen molar-refractivity contribution in [3.05, 3.63) is 29.6 Å². The predicted molar refractivity (Wildman–Crippen MR) is 64.9 cm³/mol. The van der Waals surface area contributed by atoms with Crippen molar-refractivity contribution in [2.24, 2.45) is 5.92 Å². The first-order chi connectivity index (χ1) is 8.15. The fourth-order valence-electron chi connectivity index (χ4n) is 2.14.